The molecule has 0 fully saturated rings. The Morgan fingerprint density at radius 3 is 1.20 bits per heavy atom. The van der Waals surface area contributed by atoms with Crippen molar-refractivity contribution in [3.63, 3.8) is 0 Å². The van der Waals surface area contributed by atoms with Crippen molar-refractivity contribution in [1.29, 1.82) is 0 Å². The highest BCUT2D eigenvalue weighted by molar-refractivity contribution is 14.2. The molecule has 0 saturated heterocycles. The molecular weight excluding hydrogens is 874 g/mol. The lowest BCUT2D eigenvalue weighted by atomic mass is 10.3. The standard InChI is InChI=1S/C8H8I6O/c1-3(5(9)7(11)12)15-4(2)6(10)8(13)14/h3-4H,1-2H3. The average Bonchev–Trinajstić information content (AvgIpc) is 2.14. The Kier molecular flexibility index (Phi) is 12.1. The smallest absolute Gasteiger partial charge is 0.0877 e. The molecule has 0 N–H and O–H groups in total. The summed E-state index contributed by atoms with van der Waals surface area (Å²) in [5, 5.41) is 0. The van der Waals surface area contributed by atoms with E-state index < -0.39 is 0 Å². The maximum absolute atomic E-state index is 5.95. The van der Waals surface area contributed by atoms with Gasteiger partial charge in [-0.2, -0.15) is 0 Å². The van der Waals surface area contributed by atoms with Crippen LogP contribution in [0.3, 0.4) is 0 Å². The van der Waals surface area contributed by atoms with E-state index in [9.17, 15) is 0 Å². The summed E-state index contributed by atoms with van der Waals surface area (Å²) in [5.41, 5.74) is 0. The molecule has 2 atom stereocenters. The first-order valence-corrected chi connectivity index (χ1v) is 10.3. The molecule has 0 bridgehead atoms. The van der Waals surface area contributed by atoms with E-state index in [1.807, 2.05) is 0 Å². The summed E-state index contributed by atoms with van der Waals surface area (Å²) < 4.78 is 11.0. The second-order valence-electron chi connectivity index (χ2n) is 2.64. The minimum absolute atomic E-state index is 0.168. The third-order valence-electron chi connectivity index (χ3n) is 1.48. The Bertz CT molecular complexity index is 249. The number of ether oxygens (including phenoxy) is 1. The summed E-state index contributed by atoms with van der Waals surface area (Å²) in [6, 6.07) is 0. The van der Waals surface area contributed by atoms with Gasteiger partial charge in [-0.3, -0.25) is 0 Å². The van der Waals surface area contributed by atoms with Crippen LogP contribution in [0.5, 0.6) is 0 Å². The van der Waals surface area contributed by atoms with E-state index in [0.717, 1.165) is 0 Å². The molecule has 0 radical (unpaired) electrons. The van der Waals surface area contributed by atoms with Crippen molar-refractivity contribution in [3.05, 3.63) is 10.3 Å². The third-order valence-corrected chi connectivity index (χ3v) is 10.8. The van der Waals surface area contributed by atoms with Crippen molar-refractivity contribution in [1.82, 2.24) is 0 Å². The highest BCUT2D eigenvalue weighted by atomic mass is 127. The van der Waals surface area contributed by atoms with Crippen molar-refractivity contribution in [2.45, 2.75) is 26.1 Å². The first kappa shape index (κ1) is 18.8. The second kappa shape index (κ2) is 9.68. The molecule has 15 heavy (non-hydrogen) atoms. The fraction of sp³-hybridized carbons (Fsp3) is 0.500. The molecule has 0 aliphatic heterocycles. The van der Waals surface area contributed by atoms with Gasteiger partial charge in [-0.25, -0.2) is 0 Å². The van der Waals surface area contributed by atoms with Crippen molar-refractivity contribution >= 4 is 136 Å². The van der Waals surface area contributed by atoms with E-state index in [1.165, 1.54) is 10.3 Å². The average molecular weight is 882 g/mol. The fourth-order valence-corrected chi connectivity index (χ4v) is 2.78. The predicted octanol–water partition coefficient (Wildman–Crippen LogP) is 6.73. The van der Waals surface area contributed by atoms with Gasteiger partial charge in [0.15, 0.2) is 0 Å². The quantitative estimate of drug-likeness (QED) is 0.285. The maximum atomic E-state index is 5.95. The lowest BCUT2D eigenvalue weighted by Crippen LogP contribution is -2.17. The molecule has 0 aliphatic rings. The number of hydrogen-bond acceptors (Lipinski definition) is 1. The van der Waals surface area contributed by atoms with Crippen LogP contribution >= 0.6 is 136 Å². The summed E-state index contributed by atoms with van der Waals surface area (Å²) in [4.78, 5) is 0. The lowest BCUT2D eigenvalue weighted by Gasteiger charge is -2.19. The number of hydrogen-bond donors (Lipinski definition) is 0. The van der Waals surface area contributed by atoms with E-state index in [-0.39, 0.29) is 12.2 Å². The van der Waals surface area contributed by atoms with Crippen molar-refractivity contribution < 1.29 is 4.74 Å². The van der Waals surface area contributed by atoms with Gasteiger partial charge in [0.1, 0.15) is 0 Å². The van der Waals surface area contributed by atoms with E-state index in [4.69, 9.17) is 4.74 Å². The van der Waals surface area contributed by atoms with Gasteiger partial charge in [-0.05, 0) is 149 Å². The molecule has 0 spiro atoms. The SMILES string of the molecule is CC(OC(C)C(I)=C(I)I)C(I)=C(I)I. The van der Waals surface area contributed by atoms with E-state index in [2.05, 4.69) is 149 Å². The summed E-state index contributed by atoms with van der Waals surface area (Å²) in [7, 11) is 0. The van der Waals surface area contributed by atoms with Crippen LogP contribution in [-0.2, 0) is 4.74 Å². The van der Waals surface area contributed by atoms with Crippen LogP contribution in [0.1, 0.15) is 13.8 Å². The van der Waals surface area contributed by atoms with Gasteiger partial charge in [-0.1, -0.05) is 0 Å². The van der Waals surface area contributed by atoms with Crippen molar-refractivity contribution in [3.8, 4) is 0 Å². The summed E-state index contributed by atoms with van der Waals surface area (Å²) in [5.74, 6) is 0. The van der Waals surface area contributed by atoms with Crippen LogP contribution in [0.15, 0.2) is 10.3 Å². The normalized spacial score (nSPS) is 14.4. The molecule has 0 saturated carbocycles. The number of halogens is 6. The van der Waals surface area contributed by atoms with E-state index in [0.29, 0.717) is 0 Å². The molecule has 0 aromatic carbocycles. The monoisotopic (exact) mass is 881 g/mol. The van der Waals surface area contributed by atoms with Gasteiger partial charge in [0.2, 0.25) is 0 Å². The summed E-state index contributed by atoms with van der Waals surface area (Å²) in [6.07, 6.45) is 0.336. The molecule has 7 heteroatoms. The molecule has 0 amide bonds. The summed E-state index contributed by atoms with van der Waals surface area (Å²) >= 11 is 14.0. The molecule has 0 aliphatic carbocycles. The zero-order valence-corrected chi connectivity index (χ0v) is 20.8. The van der Waals surface area contributed by atoms with Crippen LogP contribution in [0.4, 0.5) is 0 Å². The van der Waals surface area contributed by atoms with Gasteiger partial charge in [-0.15, -0.1) is 0 Å². The van der Waals surface area contributed by atoms with Gasteiger partial charge in [0.25, 0.3) is 0 Å². The van der Waals surface area contributed by atoms with Crippen LogP contribution in [0, 0.1) is 0 Å². The van der Waals surface area contributed by atoms with Crippen LogP contribution in [0.2, 0.25) is 0 Å². The van der Waals surface area contributed by atoms with E-state index >= 15 is 0 Å². The van der Waals surface area contributed by atoms with E-state index in [1.54, 1.807) is 0 Å². The zero-order chi connectivity index (χ0) is 12.2. The highest BCUT2D eigenvalue weighted by Crippen LogP contribution is 2.33. The first-order chi connectivity index (χ1) is 6.77. The fourth-order valence-electron chi connectivity index (χ4n) is 0.733. The second-order valence-corrected chi connectivity index (χ2v) is 13.4. The zero-order valence-electron chi connectivity index (χ0n) is 7.83. The van der Waals surface area contributed by atoms with Crippen molar-refractivity contribution in [2.75, 3.05) is 0 Å². The predicted molar refractivity (Wildman–Crippen MR) is 118 cm³/mol. The Hall–Kier alpha value is 3.82. The topological polar surface area (TPSA) is 9.23 Å². The highest BCUT2D eigenvalue weighted by Gasteiger charge is 2.16. The molecule has 0 aromatic heterocycles. The summed E-state index contributed by atoms with van der Waals surface area (Å²) in [6.45, 7) is 4.19. The van der Waals surface area contributed by atoms with Crippen LogP contribution in [-0.4, -0.2) is 12.2 Å². The maximum Gasteiger partial charge on any atom is 0.0877 e. The molecule has 1 nitrogen and oxygen atoms in total. The molecule has 2 unspecified atom stereocenters. The largest absolute Gasteiger partial charge is 0.365 e. The Balaban J connectivity index is 4.51. The molecular formula is C8H8I6O. The Labute approximate surface area is 173 Å². The van der Waals surface area contributed by atoms with Crippen LogP contribution < -0.4 is 0 Å². The van der Waals surface area contributed by atoms with Crippen molar-refractivity contribution in [2.24, 2.45) is 0 Å². The van der Waals surface area contributed by atoms with Gasteiger partial charge in [0.05, 0.1) is 15.4 Å². The Morgan fingerprint density at radius 2 is 1.00 bits per heavy atom. The van der Waals surface area contributed by atoms with Gasteiger partial charge < -0.3 is 4.74 Å². The molecule has 0 rings (SSSR count). The minimum atomic E-state index is 0.168. The van der Waals surface area contributed by atoms with Crippen LogP contribution in [0.25, 0.3) is 0 Å². The van der Waals surface area contributed by atoms with Gasteiger partial charge in [0, 0.05) is 7.16 Å². The first-order valence-electron chi connectivity index (χ1n) is 3.84. The third kappa shape index (κ3) is 7.86. The minimum Gasteiger partial charge on any atom is -0.365 e. The molecule has 88 valence electrons. The lowest BCUT2D eigenvalue weighted by molar-refractivity contribution is 0.0612. The number of rotatable bonds is 4. The van der Waals surface area contributed by atoms with Gasteiger partial charge >= 0.3 is 0 Å². The molecule has 0 aromatic rings. The molecule has 0 heterocycles. The Morgan fingerprint density at radius 1 is 0.733 bits per heavy atom.